The third-order valence-electron chi connectivity index (χ3n) is 5.82. The van der Waals surface area contributed by atoms with Crippen molar-refractivity contribution < 1.29 is 28.9 Å². The van der Waals surface area contributed by atoms with Gasteiger partial charge in [0, 0.05) is 12.0 Å². The van der Waals surface area contributed by atoms with E-state index in [1.165, 1.54) is 43.5 Å². The zero-order valence-electron chi connectivity index (χ0n) is 19.4. The Morgan fingerprint density at radius 1 is 0.889 bits per heavy atom. The summed E-state index contributed by atoms with van der Waals surface area (Å²) in [5.41, 5.74) is 3.44. The molecule has 4 aromatic carbocycles. The van der Waals surface area contributed by atoms with Crippen LogP contribution in [-0.2, 0) is 11.2 Å². The van der Waals surface area contributed by atoms with E-state index in [-0.39, 0.29) is 17.7 Å². The fourth-order valence-corrected chi connectivity index (χ4v) is 3.93. The van der Waals surface area contributed by atoms with Gasteiger partial charge in [-0.3, -0.25) is 4.79 Å². The molecule has 0 aliphatic rings. The number of ether oxygens (including phenoxy) is 1. The normalized spacial score (nSPS) is 11.5. The maximum atomic E-state index is 13.8. The van der Waals surface area contributed by atoms with Crippen LogP contribution in [0.4, 0.5) is 4.39 Å². The van der Waals surface area contributed by atoms with Gasteiger partial charge < -0.3 is 20.3 Å². The van der Waals surface area contributed by atoms with E-state index in [0.29, 0.717) is 16.9 Å². The molecule has 0 spiro atoms. The van der Waals surface area contributed by atoms with Gasteiger partial charge in [0.1, 0.15) is 23.4 Å². The molecule has 0 saturated carbocycles. The number of carbonyl (C=O) groups excluding carboxylic acids is 1. The summed E-state index contributed by atoms with van der Waals surface area (Å²) in [5.74, 6) is -2.41. The van der Waals surface area contributed by atoms with Gasteiger partial charge in [-0.15, -0.1) is 0 Å². The number of rotatable bonds is 8. The third kappa shape index (κ3) is 5.52. The lowest BCUT2D eigenvalue weighted by molar-refractivity contribution is -0.139. The number of hydrogen-bond acceptors (Lipinski definition) is 4. The lowest BCUT2D eigenvalue weighted by atomic mass is 9.99. The molecule has 0 bridgehead atoms. The molecule has 182 valence electrons. The number of phenolic OH excluding ortho intramolecular Hbond substituents is 1. The lowest BCUT2D eigenvalue weighted by Crippen LogP contribution is -2.42. The van der Waals surface area contributed by atoms with Crippen LogP contribution in [0.3, 0.4) is 0 Å². The van der Waals surface area contributed by atoms with Gasteiger partial charge in [-0.25, -0.2) is 9.18 Å². The van der Waals surface area contributed by atoms with Crippen LogP contribution in [0.1, 0.15) is 15.9 Å². The molecule has 1 atom stereocenters. The van der Waals surface area contributed by atoms with E-state index < -0.39 is 23.7 Å². The molecule has 7 heteroatoms. The topological polar surface area (TPSA) is 95.9 Å². The van der Waals surface area contributed by atoms with Gasteiger partial charge in [-0.2, -0.15) is 0 Å². The van der Waals surface area contributed by atoms with E-state index in [9.17, 15) is 24.2 Å². The predicted molar refractivity (Wildman–Crippen MR) is 135 cm³/mol. The molecule has 1 amide bonds. The van der Waals surface area contributed by atoms with Crippen molar-refractivity contribution >= 4 is 11.9 Å². The second-order valence-corrected chi connectivity index (χ2v) is 8.21. The second-order valence-electron chi connectivity index (χ2n) is 8.21. The summed E-state index contributed by atoms with van der Waals surface area (Å²) in [6.07, 6.45) is 0.0499. The van der Waals surface area contributed by atoms with Gasteiger partial charge in [0.25, 0.3) is 5.91 Å². The quantitative estimate of drug-likeness (QED) is 0.315. The molecule has 3 N–H and O–H groups in total. The van der Waals surface area contributed by atoms with E-state index in [4.69, 9.17) is 4.74 Å². The summed E-state index contributed by atoms with van der Waals surface area (Å²) in [7, 11) is 1.44. The summed E-state index contributed by atoms with van der Waals surface area (Å²) in [6.45, 7) is 0. The highest BCUT2D eigenvalue weighted by Gasteiger charge is 2.23. The summed E-state index contributed by atoms with van der Waals surface area (Å²) >= 11 is 0. The molecule has 0 aliphatic carbocycles. The van der Waals surface area contributed by atoms with Crippen molar-refractivity contribution in [2.24, 2.45) is 0 Å². The Bertz CT molecular complexity index is 1390. The number of amides is 1. The van der Waals surface area contributed by atoms with E-state index in [1.54, 1.807) is 0 Å². The van der Waals surface area contributed by atoms with Crippen molar-refractivity contribution in [2.45, 2.75) is 12.5 Å². The number of hydrogen-bond donors (Lipinski definition) is 3. The van der Waals surface area contributed by atoms with E-state index in [1.807, 2.05) is 54.6 Å². The molecule has 0 aliphatic heterocycles. The van der Waals surface area contributed by atoms with Crippen molar-refractivity contribution in [3.05, 3.63) is 108 Å². The highest BCUT2D eigenvalue weighted by Crippen LogP contribution is 2.33. The van der Waals surface area contributed by atoms with Crippen molar-refractivity contribution in [1.82, 2.24) is 5.32 Å². The molecule has 0 saturated heterocycles. The molecule has 0 heterocycles. The highest BCUT2D eigenvalue weighted by molar-refractivity contribution is 6.00. The Kier molecular flexibility index (Phi) is 7.30. The number of aliphatic carboxylic acids is 1. The zero-order chi connectivity index (χ0) is 25.7. The number of aromatic hydroxyl groups is 1. The average molecular weight is 486 g/mol. The first-order valence-electron chi connectivity index (χ1n) is 11.2. The zero-order valence-corrected chi connectivity index (χ0v) is 19.4. The van der Waals surface area contributed by atoms with Crippen molar-refractivity contribution in [3.63, 3.8) is 0 Å². The minimum Gasteiger partial charge on any atom is -0.507 e. The van der Waals surface area contributed by atoms with Gasteiger partial charge in [0.05, 0.1) is 12.7 Å². The number of methoxy groups -OCH3 is 1. The molecule has 0 fully saturated rings. The van der Waals surface area contributed by atoms with E-state index >= 15 is 0 Å². The Morgan fingerprint density at radius 2 is 1.56 bits per heavy atom. The lowest BCUT2D eigenvalue weighted by Gasteiger charge is -2.16. The summed E-state index contributed by atoms with van der Waals surface area (Å²) in [5, 5.41) is 22.5. The minimum atomic E-state index is -1.23. The van der Waals surface area contributed by atoms with Crippen LogP contribution in [0.5, 0.6) is 11.5 Å². The van der Waals surface area contributed by atoms with Crippen molar-refractivity contribution in [1.29, 1.82) is 0 Å². The van der Waals surface area contributed by atoms with Gasteiger partial charge in [0.15, 0.2) is 0 Å². The molecule has 36 heavy (non-hydrogen) atoms. The van der Waals surface area contributed by atoms with Gasteiger partial charge >= 0.3 is 5.97 Å². The maximum absolute atomic E-state index is 13.8. The first-order valence-corrected chi connectivity index (χ1v) is 11.2. The van der Waals surface area contributed by atoms with Crippen LogP contribution in [-0.4, -0.2) is 35.2 Å². The fraction of sp³-hybridized carbons (Fsp3) is 0.103. The van der Waals surface area contributed by atoms with Gasteiger partial charge in [0.2, 0.25) is 0 Å². The Hall–Kier alpha value is -4.65. The van der Waals surface area contributed by atoms with Crippen LogP contribution in [0.15, 0.2) is 91.0 Å². The molecule has 0 aromatic heterocycles. The largest absolute Gasteiger partial charge is 0.507 e. The van der Waals surface area contributed by atoms with Crippen LogP contribution >= 0.6 is 0 Å². The third-order valence-corrected chi connectivity index (χ3v) is 5.82. The monoisotopic (exact) mass is 485 g/mol. The van der Waals surface area contributed by atoms with Crippen molar-refractivity contribution in [2.75, 3.05) is 7.11 Å². The number of carbonyl (C=O) groups is 2. The number of nitrogens with one attached hydrogen (secondary N) is 1. The Labute approximate surface area is 207 Å². The van der Waals surface area contributed by atoms with Crippen molar-refractivity contribution in [3.8, 4) is 33.8 Å². The van der Waals surface area contributed by atoms with Crippen LogP contribution in [0.2, 0.25) is 0 Å². The SMILES string of the molecule is COc1ccc(F)cc1-c1ccc(O)c(C(=O)NC(Cc2ccc(-c3ccccc3)cc2)C(=O)O)c1. The standard InChI is InChI=1S/C29H24FNO5/c1-36-27-14-12-22(30)17-23(27)21-11-13-26(32)24(16-21)28(33)31-25(29(34)35)15-18-7-9-20(10-8-18)19-5-3-2-4-6-19/h2-14,16-17,25,32H,15H2,1H3,(H,31,33)(H,34,35). The van der Waals surface area contributed by atoms with Crippen LogP contribution in [0, 0.1) is 5.82 Å². The summed E-state index contributed by atoms with van der Waals surface area (Å²) in [4.78, 5) is 24.9. The molecule has 6 nitrogen and oxygen atoms in total. The fourth-order valence-electron chi connectivity index (χ4n) is 3.93. The predicted octanol–water partition coefficient (Wildman–Crippen LogP) is 5.30. The molecular weight excluding hydrogens is 461 g/mol. The minimum absolute atomic E-state index is 0.0499. The number of carboxylic acids is 1. The summed E-state index contributed by atoms with van der Waals surface area (Å²) < 4.78 is 19.1. The molecule has 0 radical (unpaired) electrons. The molecular formula is C29H24FNO5. The molecule has 4 aromatic rings. The van der Waals surface area contributed by atoms with Gasteiger partial charge in [-0.05, 0) is 52.6 Å². The average Bonchev–Trinajstić information content (AvgIpc) is 2.89. The summed E-state index contributed by atoms with van der Waals surface area (Å²) in [6, 6.07) is 24.1. The van der Waals surface area contributed by atoms with Crippen LogP contribution < -0.4 is 10.1 Å². The Morgan fingerprint density at radius 3 is 2.22 bits per heavy atom. The smallest absolute Gasteiger partial charge is 0.326 e. The van der Waals surface area contributed by atoms with Gasteiger partial charge in [-0.1, -0.05) is 60.7 Å². The van der Waals surface area contributed by atoms with E-state index in [2.05, 4.69) is 5.32 Å². The van der Waals surface area contributed by atoms with Crippen LogP contribution in [0.25, 0.3) is 22.3 Å². The molecule has 4 rings (SSSR count). The first-order chi connectivity index (χ1) is 17.4. The first kappa shape index (κ1) is 24.5. The number of halogens is 1. The number of benzene rings is 4. The second kappa shape index (κ2) is 10.7. The Balaban J connectivity index is 1.54. The highest BCUT2D eigenvalue weighted by atomic mass is 19.1. The maximum Gasteiger partial charge on any atom is 0.326 e. The van der Waals surface area contributed by atoms with E-state index in [0.717, 1.165) is 16.7 Å². The number of carboxylic acid groups (broad SMARTS) is 1. The number of phenols is 1. The molecule has 1 unspecified atom stereocenters.